The molecule has 1 aromatic heterocycles. The molecule has 3 aromatic rings. The molecule has 4 rings (SSSR count). The highest BCUT2D eigenvalue weighted by Gasteiger charge is 2.34. The van der Waals surface area contributed by atoms with Crippen molar-refractivity contribution < 1.29 is 9.90 Å². The highest BCUT2D eigenvalue weighted by molar-refractivity contribution is 6.31. The Hall–Kier alpha value is -3.32. The van der Waals surface area contributed by atoms with Crippen molar-refractivity contribution in [3.8, 4) is 17.1 Å². The molecule has 1 aliphatic rings. The highest BCUT2D eigenvalue weighted by Crippen LogP contribution is 2.38. The van der Waals surface area contributed by atoms with Crippen LogP contribution in [0, 0.1) is 0 Å². The van der Waals surface area contributed by atoms with E-state index in [0.29, 0.717) is 39.2 Å². The van der Waals surface area contributed by atoms with Gasteiger partial charge in [-0.05, 0) is 25.1 Å². The molecule has 0 aliphatic carbocycles. The van der Waals surface area contributed by atoms with Crippen molar-refractivity contribution >= 4 is 23.5 Å². The molecule has 1 aliphatic heterocycles. The average molecular weight is 382 g/mol. The van der Waals surface area contributed by atoms with Gasteiger partial charge in [0.15, 0.2) is 5.82 Å². The summed E-state index contributed by atoms with van der Waals surface area (Å²) in [6, 6.07) is 13.3. The molecule has 0 saturated heterocycles. The van der Waals surface area contributed by atoms with Gasteiger partial charge < -0.3 is 16.2 Å². The molecular formula is C19H16ClN5O2. The lowest BCUT2D eigenvalue weighted by molar-refractivity contribution is -0.115. The smallest absolute Gasteiger partial charge is 0.248 e. The van der Waals surface area contributed by atoms with Crippen LogP contribution in [0.5, 0.6) is 5.75 Å². The molecule has 1 atom stereocenters. The zero-order valence-electron chi connectivity index (χ0n) is 14.3. The first-order valence-electron chi connectivity index (χ1n) is 8.23. The molecule has 0 unspecified atom stereocenters. The predicted molar refractivity (Wildman–Crippen MR) is 102 cm³/mol. The van der Waals surface area contributed by atoms with Crippen molar-refractivity contribution in [3.05, 3.63) is 70.4 Å². The summed E-state index contributed by atoms with van der Waals surface area (Å²) in [5, 5.41) is 17.9. The summed E-state index contributed by atoms with van der Waals surface area (Å²) in [6.07, 6.45) is 0. The first-order chi connectivity index (χ1) is 13.0. The molecule has 2 heterocycles. The molecular weight excluding hydrogens is 366 g/mol. The number of nitrogens with one attached hydrogen (secondary N) is 1. The standard InChI is InChI=1S/C19H16ClN5O2/c1-10-15(17(21)27)16(13-7-2-3-8-14(13)20)25-19(22-10)23-18(24-25)11-5-4-6-12(26)9-11/h2-9,16,26H,1H3,(H2,21,27)(H,22,23,24)/t16-/m1/s1. The number of carbonyl (C=O) groups is 1. The van der Waals surface area contributed by atoms with Gasteiger partial charge in [-0.2, -0.15) is 4.98 Å². The Bertz CT molecular complexity index is 1090. The lowest BCUT2D eigenvalue weighted by atomic mass is 9.95. The van der Waals surface area contributed by atoms with Crippen molar-refractivity contribution in [2.45, 2.75) is 13.0 Å². The number of hydrogen-bond donors (Lipinski definition) is 3. The number of aromatic hydroxyl groups is 1. The van der Waals surface area contributed by atoms with E-state index in [1.54, 1.807) is 41.9 Å². The van der Waals surface area contributed by atoms with Gasteiger partial charge in [-0.25, -0.2) is 4.68 Å². The van der Waals surface area contributed by atoms with Gasteiger partial charge in [0.05, 0.1) is 5.57 Å². The summed E-state index contributed by atoms with van der Waals surface area (Å²) in [5.41, 5.74) is 7.96. The number of primary amides is 1. The Kier molecular flexibility index (Phi) is 4.08. The van der Waals surface area contributed by atoms with Crippen LogP contribution in [-0.4, -0.2) is 25.8 Å². The van der Waals surface area contributed by atoms with Crippen LogP contribution < -0.4 is 11.1 Å². The minimum Gasteiger partial charge on any atom is -0.508 e. The lowest BCUT2D eigenvalue weighted by Crippen LogP contribution is -2.32. The SMILES string of the molecule is CC1=C(C(N)=O)[C@@H](c2ccccc2Cl)n2nc(-c3cccc(O)c3)nc2N1. The number of hydrogen-bond acceptors (Lipinski definition) is 5. The van der Waals surface area contributed by atoms with E-state index < -0.39 is 11.9 Å². The van der Waals surface area contributed by atoms with E-state index in [2.05, 4.69) is 15.4 Å². The van der Waals surface area contributed by atoms with Crippen molar-refractivity contribution in [3.63, 3.8) is 0 Å². The highest BCUT2D eigenvalue weighted by atomic mass is 35.5. The number of benzene rings is 2. The Labute approximate surface area is 160 Å². The summed E-state index contributed by atoms with van der Waals surface area (Å²) >= 11 is 6.40. The molecule has 0 saturated carbocycles. The molecule has 136 valence electrons. The Morgan fingerprint density at radius 2 is 2.04 bits per heavy atom. The number of rotatable bonds is 3. The number of nitrogens with two attached hydrogens (primary N) is 1. The van der Waals surface area contributed by atoms with Gasteiger partial charge in [0.25, 0.3) is 0 Å². The molecule has 0 bridgehead atoms. The Morgan fingerprint density at radius 1 is 1.26 bits per heavy atom. The molecule has 2 aromatic carbocycles. The van der Waals surface area contributed by atoms with E-state index in [4.69, 9.17) is 17.3 Å². The van der Waals surface area contributed by atoms with Gasteiger partial charge in [-0.3, -0.25) is 4.79 Å². The number of halogens is 1. The number of nitrogens with zero attached hydrogens (tertiary/aromatic N) is 3. The largest absolute Gasteiger partial charge is 0.508 e. The maximum absolute atomic E-state index is 12.2. The first kappa shape index (κ1) is 17.1. The van der Waals surface area contributed by atoms with E-state index in [0.717, 1.165) is 0 Å². The van der Waals surface area contributed by atoms with Crippen molar-refractivity contribution in [2.75, 3.05) is 5.32 Å². The Balaban J connectivity index is 1.92. The van der Waals surface area contributed by atoms with Gasteiger partial charge in [-0.1, -0.05) is 41.9 Å². The quantitative estimate of drug-likeness (QED) is 0.646. The fraction of sp³-hybridized carbons (Fsp3) is 0.105. The third-order valence-corrected chi connectivity index (χ3v) is 4.77. The number of aromatic nitrogens is 3. The van der Waals surface area contributed by atoms with Crippen LogP contribution in [0.15, 0.2) is 59.8 Å². The monoisotopic (exact) mass is 381 g/mol. The van der Waals surface area contributed by atoms with Crippen molar-refractivity contribution in [1.82, 2.24) is 14.8 Å². The number of amides is 1. The van der Waals surface area contributed by atoms with Crippen molar-refractivity contribution in [1.29, 1.82) is 0 Å². The molecule has 1 amide bonds. The van der Waals surface area contributed by atoms with Crippen LogP contribution in [0.3, 0.4) is 0 Å². The van der Waals surface area contributed by atoms with Crippen LogP contribution in [0.25, 0.3) is 11.4 Å². The van der Waals surface area contributed by atoms with Crippen LogP contribution in [0.1, 0.15) is 18.5 Å². The summed E-state index contributed by atoms with van der Waals surface area (Å²) < 4.78 is 1.59. The maximum Gasteiger partial charge on any atom is 0.248 e. The normalized spacial score (nSPS) is 16.0. The lowest BCUT2D eigenvalue weighted by Gasteiger charge is -2.28. The Morgan fingerprint density at radius 3 is 2.74 bits per heavy atom. The molecule has 4 N–H and O–H groups in total. The van der Waals surface area contributed by atoms with Gasteiger partial charge >= 0.3 is 0 Å². The van der Waals surface area contributed by atoms with E-state index in [-0.39, 0.29) is 5.75 Å². The topological polar surface area (TPSA) is 106 Å². The van der Waals surface area contributed by atoms with Gasteiger partial charge in [-0.15, -0.1) is 5.10 Å². The van der Waals surface area contributed by atoms with Crippen LogP contribution in [0.2, 0.25) is 5.02 Å². The molecule has 0 radical (unpaired) electrons. The summed E-state index contributed by atoms with van der Waals surface area (Å²) in [4.78, 5) is 16.7. The average Bonchev–Trinajstić information content (AvgIpc) is 3.04. The summed E-state index contributed by atoms with van der Waals surface area (Å²) in [6.45, 7) is 1.76. The molecule has 27 heavy (non-hydrogen) atoms. The first-order valence-corrected chi connectivity index (χ1v) is 8.61. The number of phenols is 1. The van der Waals surface area contributed by atoms with Gasteiger partial charge in [0.2, 0.25) is 11.9 Å². The number of carbonyl (C=O) groups excluding carboxylic acids is 1. The second-order valence-corrected chi connectivity index (χ2v) is 6.61. The zero-order valence-corrected chi connectivity index (χ0v) is 15.1. The molecule has 0 fully saturated rings. The zero-order chi connectivity index (χ0) is 19.1. The number of allylic oxidation sites excluding steroid dienone is 1. The number of fused-ring (bicyclic) bond motifs is 1. The predicted octanol–water partition coefficient (Wildman–Crippen LogP) is 3.08. The fourth-order valence-corrected chi connectivity index (χ4v) is 3.46. The summed E-state index contributed by atoms with van der Waals surface area (Å²) in [5.74, 6) is 0.415. The van der Waals surface area contributed by atoms with Gasteiger partial charge in [0, 0.05) is 21.8 Å². The van der Waals surface area contributed by atoms with Crippen LogP contribution in [0.4, 0.5) is 5.95 Å². The minimum absolute atomic E-state index is 0.114. The van der Waals surface area contributed by atoms with E-state index >= 15 is 0 Å². The van der Waals surface area contributed by atoms with E-state index in [1.165, 1.54) is 0 Å². The minimum atomic E-state index is -0.606. The second-order valence-electron chi connectivity index (χ2n) is 6.21. The van der Waals surface area contributed by atoms with Crippen molar-refractivity contribution in [2.24, 2.45) is 5.73 Å². The second kappa shape index (κ2) is 6.44. The van der Waals surface area contributed by atoms with Gasteiger partial charge in [0.1, 0.15) is 11.8 Å². The maximum atomic E-state index is 12.2. The van der Waals surface area contributed by atoms with Crippen LogP contribution in [-0.2, 0) is 4.79 Å². The number of phenolic OH excluding ortho intramolecular Hbond substituents is 1. The fourth-order valence-electron chi connectivity index (χ4n) is 3.22. The number of anilines is 1. The molecule has 7 nitrogen and oxygen atoms in total. The third kappa shape index (κ3) is 2.92. The third-order valence-electron chi connectivity index (χ3n) is 4.42. The summed E-state index contributed by atoms with van der Waals surface area (Å²) in [7, 11) is 0. The van der Waals surface area contributed by atoms with E-state index in [9.17, 15) is 9.90 Å². The van der Waals surface area contributed by atoms with Crippen LogP contribution >= 0.6 is 11.6 Å². The molecule has 0 spiro atoms. The van der Waals surface area contributed by atoms with E-state index in [1.807, 2.05) is 18.2 Å². The molecule has 8 heteroatoms.